The highest BCUT2D eigenvalue weighted by atomic mass is 16.6. The molecule has 0 radical (unpaired) electrons. The number of para-hydroxylation sites is 2. The molecule has 0 aliphatic rings. The molecule has 7 nitrogen and oxygen atoms in total. The number of carbonyl (C=O) groups excluding carboxylic acids is 1. The first-order valence-corrected chi connectivity index (χ1v) is 6.50. The van der Waals surface area contributed by atoms with E-state index in [0.29, 0.717) is 11.4 Å². The molecule has 5 N–H and O–H groups in total. The molecule has 7 heteroatoms. The number of ether oxygens (including phenoxy) is 1. The van der Waals surface area contributed by atoms with E-state index < -0.39 is 23.7 Å². The lowest BCUT2D eigenvalue weighted by atomic mass is 10.2. The van der Waals surface area contributed by atoms with Gasteiger partial charge < -0.3 is 26.2 Å². The van der Waals surface area contributed by atoms with Gasteiger partial charge in [-0.25, -0.2) is 9.59 Å². The van der Waals surface area contributed by atoms with E-state index in [9.17, 15) is 9.59 Å². The first-order valence-electron chi connectivity index (χ1n) is 6.50. The molecule has 0 aliphatic carbocycles. The molecule has 21 heavy (non-hydrogen) atoms. The van der Waals surface area contributed by atoms with Crippen molar-refractivity contribution in [3.8, 4) is 0 Å². The highest BCUT2D eigenvalue weighted by Crippen LogP contribution is 2.16. The van der Waals surface area contributed by atoms with Crippen LogP contribution in [-0.4, -0.2) is 35.4 Å². The Morgan fingerprint density at radius 3 is 2.48 bits per heavy atom. The number of aliphatic carboxylic acids is 1. The minimum absolute atomic E-state index is 0.0111. The third-order valence-corrected chi connectivity index (χ3v) is 2.45. The van der Waals surface area contributed by atoms with Crippen LogP contribution in [0.3, 0.4) is 0 Å². The smallest absolute Gasteiger partial charge is 0.408 e. The highest BCUT2D eigenvalue weighted by molar-refractivity contribution is 5.81. The monoisotopic (exact) mass is 295 g/mol. The van der Waals surface area contributed by atoms with Crippen LogP contribution in [0, 0.1) is 0 Å². The molecule has 0 bridgehead atoms. The molecule has 1 rings (SSSR count). The number of rotatable bonds is 5. The van der Waals surface area contributed by atoms with Gasteiger partial charge in [0.05, 0.1) is 11.4 Å². The van der Waals surface area contributed by atoms with Gasteiger partial charge in [-0.2, -0.15) is 0 Å². The SMILES string of the molecule is CC(C)(C)OC(=O)N[C@H](CNc1ccccc1N)C(=O)O. The van der Waals surface area contributed by atoms with E-state index in [-0.39, 0.29) is 6.54 Å². The van der Waals surface area contributed by atoms with Crippen molar-refractivity contribution in [2.24, 2.45) is 0 Å². The van der Waals surface area contributed by atoms with Crippen LogP contribution in [0.15, 0.2) is 24.3 Å². The van der Waals surface area contributed by atoms with Crippen molar-refractivity contribution in [2.45, 2.75) is 32.4 Å². The molecule has 0 heterocycles. The lowest BCUT2D eigenvalue weighted by Crippen LogP contribution is -2.47. The number of nitrogens with two attached hydrogens (primary N) is 1. The van der Waals surface area contributed by atoms with Gasteiger partial charge in [-0.3, -0.25) is 0 Å². The number of carboxylic acid groups (broad SMARTS) is 1. The molecule has 1 aromatic rings. The molecule has 0 fully saturated rings. The number of anilines is 2. The Bertz CT molecular complexity index is 511. The number of nitrogen functional groups attached to an aromatic ring is 1. The second-order valence-electron chi connectivity index (χ2n) is 5.51. The topological polar surface area (TPSA) is 114 Å². The summed E-state index contributed by atoms with van der Waals surface area (Å²) in [5.41, 5.74) is 6.16. The molecule has 0 saturated carbocycles. The molecular weight excluding hydrogens is 274 g/mol. The Kier molecular flexibility index (Phi) is 5.40. The van der Waals surface area contributed by atoms with E-state index in [1.165, 1.54) is 0 Å². The van der Waals surface area contributed by atoms with Crippen LogP contribution in [0.2, 0.25) is 0 Å². The summed E-state index contributed by atoms with van der Waals surface area (Å²) in [7, 11) is 0. The van der Waals surface area contributed by atoms with Gasteiger partial charge in [0.15, 0.2) is 0 Å². The third kappa shape index (κ3) is 6.03. The summed E-state index contributed by atoms with van der Waals surface area (Å²) < 4.78 is 5.03. The van der Waals surface area contributed by atoms with E-state index >= 15 is 0 Å². The number of carboxylic acids is 1. The van der Waals surface area contributed by atoms with E-state index in [0.717, 1.165) is 0 Å². The summed E-state index contributed by atoms with van der Waals surface area (Å²) in [4.78, 5) is 22.8. The van der Waals surface area contributed by atoms with Crippen molar-refractivity contribution in [1.82, 2.24) is 5.32 Å². The van der Waals surface area contributed by atoms with Crippen molar-refractivity contribution < 1.29 is 19.4 Å². The van der Waals surface area contributed by atoms with E-state index in [2.05, 4.69) is 10.6 Å². The maximum Gasteiger partial charge on any atom is 0.408 e. The normalized spacial score (nSPS) is 12.3. The Balaban J connectivity index is 2.61. The van der Waals surface area contributed by atoms with Crippen molar-refractivity contribution in [2.75, 3.05) is 17.6 Å². The number of hydrogen-bond acceptors (Lipinski definition) is 5. The zero-order chi connectivity index (χ0) is 16.0. The van der Waals surface area contributed by atoms with Crippen LogP contribution in [0.25, 0.3) is 0 Å². The summed E-state index contributed by atoms with van der Waals surface area (Å²) in [6.45, 7) is 5.09. The molecule has 0 saturated heterocycles. The number of alkyl carbamates (subject to hydrolysis) is 1. The fourth-order valence-corrected chi connectivity index (χ4v) is 1.52. The van der Waals surface area contributed by atoms with Gasteiger partial charge in [0.1, 0.15) is 11.6 Å². The third-order valence-electron chi connectivity index (χ3n) is 2.45. The van der Waals surface area contributed by atoms with Crippen LogP contribution in [0.5, 0.6) is 0 Å². The number of hydrogen-bond donors (Lipinski definition) is 4. The maximum absolute atomic E-state index is 11.6. The van der Waals surface area contributed by atoms with Crippen LogP contribution >= 0.6 is 0 Å². The summed E-state index contributed by atoms with van der Waals surface area (Å²) in [6.07, 6.45) is -0.780. The van der Waals surface area contributed by atoms with Gasteiger partial charge in [0.25, 0.3) is 0 Å². The predicted molar refractivity (Wildman–Crippen MR) is 80.1 cm³/mol. The highest BCUT2D eigenvalue weighted by Gasteiger charge is 2.23. The van der Waals surface area contributed by atoms with Crippen LogP contribution < -0.4 is 16.4 Å². The van der Waals surface area contributed by atoms with Crippen molar-refractivity contribution >= 4 is 23.4 Å². The molecule has 1 aromatic carbocycles. The average Bonchev–Trinajstić information content (AvgIpc) is 2.33. The summed E-state index contributed by atoms with van der Waals surface area (Å²) in [5, 5.41) is 14.3. The Hall–Kier alpha value is -2.44. The second-order valence-corrected chi connectivity index (χ2v) is 5.51. The lowest BCUT2D eigenvalue weighted by molar-refractivity contribution is -0.139. The molecule has 0 aromatic heterocycles. The lowest BCUT2D eigenvalue weighted by Gasteiger charge is -2.22. The minimum atomic E-state index is -1.16. The molecule has 1 atom stereocenters. The molecule has 0 unspecified atom stereocenters. The zero-order valence-electron chi connectivity index (χ0n) is 12.3. The van der Waals surface area contributed by atoms with Gasteiger partial charge in [-0.05, 0) is 32.9 Å². The fourth-order valence-electron chi connectivity index (χ4n) is 1.52. The van der Waals surface area contributed by atoms with Crippen LogP contribution in [0.1, 0.15) is 20.8 Å². The second kappa shape index (κ2) is 6.83. The quantitative estimate of drug-likeness (QED) is 0.614. The molecule has 0 aliphatic heterocycles. The minimum Gasteiger partial charge on any atom is -0.480 e. The Labute approximate surface area is 123 Å². The first-order chi connectivity index (χ1) is 9.69. The van der Waals surface area contributed by atoms with Gasteiger partial charge in [0.2, 0.25) is 0 Å². The van der Waals surface area contributed by atoms with E-state index in [1.807, 2.05) is 0 Å². The van der Waals surface area contributed by atoms with Crippen LogP contribution in [-0.2, 0) is 9.53 Å². The van der Waals surface area contributed by atoms with E-state index in [1.54, 1.807) is 45.0 Å². The maximum atomic E-state index is 11.6. The van der Waals surface area contributed by atoms with Crippen LogP contribution in [0.4, 0.5) is 16.2 Å². The van der Waals surface area contributed by atoms with Gasteiger partial charge in [0, 0.05) is 6.54 Å². The van der Waals surface area contributed by atoms with Crippen molar-refractivity contribution in [3.05, 3.63) is 24.3 Å². The molecule has 116 valence electrons. The fraction of sp³-hybridized carbons (Fsp3) is 0.429. The van der Waals surface area contributed by atoms with Gasteiger partial charge in [-0.15, -0.1) is 0 Å². The number of amides is 1. The van der Waals surface area contributed by atoms with Crippen molar-refractivity contribution in [3.63, 3.8) is 0 Å². The number of benzene rings is 1. The largest absolute Gasteiger partial charge is 0.480 e. The summed E-state index contributed by atoms with van der Waals surface area (Å²) >= 11 is 0. The van der Waals surface area contributed by atoms with Gasteiger partial charge in [-0.1, -0.05) is 12.1 Å². The van der Waals surface area contributed by atoms with E-state index in [4.69, 9.17) is 15.6 Å². The number of carbonyl (C=O) groups is 2. The molecule has 1 amide bonds. The number of nitrogens with one attached hydrogen (secondary N) is 2. The summed E-state index contributed by atoms with van der Waals surface area (Å²) in [5.74, 6) is -1.16. The van der Waals surface area contributed by atoms with Crippen molar-refractivity contribution in [1.29, 1.82) is 0 Å². The van der Waals surface area contributed by atoms with Gasteiger partial charge >= 0.3 is 12.1 Å². The Morgan fingerprint density at radius 1 is 1.33 bits per heavy atom. The summed E-state index contributed by atoms with van der Waals surface area (Å²) in [6, 6.07) is 5.84. The zero-order valence-corrected chi connectivity index (χ0v) is 12.3. The average molecular weight is 295 g/mol. The first kappa shape index (κ1) is 16.6. The standard InChI is InChI=1S/C14H21N3O4/c1-14(2,3)21-13(20)17-11(12(18)19)8-16-10-7-5-4-6-9(10)15/h4-7,11,16H,8,15H2,1-3H3,(H,17,20)(H,18,19)/t11-/m1/s1. The predicted octanol–water partition coefficient (Wildman–Crippen LogP) is 1.66. The molecule has 0 spiro atoms. The molecular formula is C14H21N3O4. The Morgan fingerprint density at radius 2 is 1.95 bits per heavy atom.